The van der Waals surface area contributed by atoms with Crippen LogP contribution in [0.2, 0.25) is 0 Å². The molecule has 2 aromatic rings. The van der Waals surface area contributed by atoms with E-state index in [0.29, 0.717) is 13.0 Å². The summed E-state index contributed by atoms with van der Waals surface area (Å²) < 4.78 is 5.20. The fourth-order valence-corrected chi connectivity index (χ4v) is 3.40. The maximum atomic E-state index is 12.1. The third-order valence-corrected chi connectivity index (χ3v) is 4.96. The number of methoxy groups -OCH3 is 1. The maximum absolute atomic E-state index is 12.1. The highest BCUT2D eigenvalue weighted by molar-refractivity contribution is 5.78. The average Bonchev–Trinajstić information content (AvgIpc) is 2.70. The molecule has 5 heteroatoms. The van der Waals surface area contributed by atoms with Gasteiger partial charge in [-0.25, -0.2) is 0 Å². The van der Waals surface area contributed by atoms with E-state index < -0.39 is 0 Å². The highest BCUT2D eigenvalue weighted by Gasteiger charge is 2.16. The Balaban J connectivity index is 1.32. The lowest BCUT2D eigenvalue weighted by Crippen LogP contribution is -2.48. The van der Waals surface area contributed by atoms with E-state index in [9.17, 15) is 4.79 Å². The van der Waals surface area contributed by atoms with Crippen LogP contribution in [-0.4, -0.2) is 62.1 Å². The quantitative estimate of drug-likeness (QED) is 0.777. The van der Waals surface area contributed by atoms with E-state index in [-0.39, 0.29) is 5.91 Å². The summed E-state index contributed by atoms with van der Waals surface area (Å²) in [5, 5.41) is 3.03. The summed E-state index contributed by atoms with van der Waals surface area (Å²) in [4.78, 5) is 17.0. The number of hydrogen-bond donors (Lipinski definition) is 1. The summed E-state index contributed by atoms with van der Waals surface area (Å²) in [7, 11) is 1.64. The molecule has 1 heterocycles. The Morgan fingerprint density at radius 1 is 0.963 bits per heavy atom. The van der Waals surface area contributed by atoms with Gasteiger partial charge in [0.1, 0.15) is 5.75 Å². The third-order valence-electron chi connectivity index (χ3n) is 4.96. The van der Waals surface area contributed by atoms with E-state index >= 15 is 0 Å². The van der Waals surface area contributed by atoms with Crippen LogP contribution in [0.5, 0.6) is 5.75 Å². The minimum absolute atomic E-state index is 0.0611. The topological polar surface area (TPSA) is 44.8 Å². The van der Waals surface area contributed by atoms with E-state index in [4.69, 9.17) is 4.74 Å². The van der Waals surface area contributed by atoms with E-state index in [1.807, 2.05) is 24.3 Å². The first-order valence-corrected chi connectivity index (χ1v) is 9.61. The van der Waals surface area contributed by atoms with E-state index in [0.717, 1.165) is 50.6 Å². The molecule has 3 rings (SSSR count). The van der Waals surface area contributed by atoms with Crippen molar-refractivity contribution in [3.63, 3.8) is 0 Å². The largest absolute Gasteiger partial charge is 0.497 e. The highest BCUT2D eigenvalue weighted by Crippen LogP contribution is 2.13. The molecule has 0 radical (unpaired) electrons. The lowest BCUT2D eigenvalue weighted by Gasteiger charge is -2.34. The fraction of sp³-hybridized carbons (Fsp3) is 0.409. The first kappa shape index (κ1) is 19.4. The van der Waals surface area contributed by atoms with Crippen molar-refractivity contribution in [2.75, 3.05) is 46.4 Å². The predicted octanol–water partition coefficient (Wildman–Crippen LogP) is 2.17. The number of carbonyl (C=O) groups excluding carboxylic acids is 1. The van der Waals surface area contributed by atoms with Crippen LogP contribution in [0.3, 0.4) is 0 Å². The van der Waals surface area contributed by atoms with Crippen molar-refractivity contribution in [1.29, 1.82) is 0 Å². The van der Waals surface area contributed by atoms with Crippen LogP contribution in [0.25, 0.3) is 0 Å². The Hall–Kier alpha value is -2.37. The normalized spacial score (nSPS) is 15.4. The molecule has 0 unspecified atom stereocenters. The van der Waals surface area contributed by atoms with Crippen molar-refractivity contribution in [2.24, 2.45) is 0 Å². The maximum Gasteiger partial charge on any atom is 0.224 e. The van der Waals surface area contributed by atoms with Crippen LogP contribution in [0.1, 0.15) is 11.1 Å². The SMILES string of the molecule is COc1cccc(CC(=O)NCCN2CCN(Cc3ccccc3)CC2)c1. The van der Waals surface area contributed by atoms with Crippen LogP contribution in [0.15, 0.2) is 54.6 Å². The molecule has 1 aliphatic heterocycles. The minimum atomic E-state index is 0.0611. The lowest BCUT2D eigenvalue weighted by molar-refractivity contribution is -0.120. The molecule has 144 valence electrons. The Morgan fingerprint density at radius 2 is 1.67 bits per heavy atom. The van der Waals surface area contributed by atoms with Crippen molar-refractivity contribution < 1.29 is 9.53 Å². The lowest BCUT2D eigenvalue weighted by atomic mass is 10.1. The van der Waals surface area contributed by atoms with Crippen molar-refractivity contribution in [3.8, 4) is 5.75 Å². The smallest absolute Gasteiger partial charge is 0.224 e. The minimum Gasteiger partial charge on any atom is -0.497 e. The molecule has 27 heavy (non-hydrogen) atoms. The first-order valence-electron chi connectivity index (χ1n) is 9.61. The van der Waals surface area contributed by atoms with Crippen molar-refractivity contribution in [1.82, 2.24) is 15.1 Å². The van der Waals surface area contributed by atoms with Crippen molar-refractivity contribution in [3.05, 3.63) is 65.7 Å². The summed E-state index contributed by atoms with van der Waals surface area (Å²) in [6, 6.07) is 18.3. The monoisotopic (exact) mass is 367 g/mol. The van der Waals surface area contributed by atoms with Crippen LogP contribution in [0.4, 0.5) is 0 Å². The molecule has 5 nitrogen and oxygen atoms in total. The van der Waals surface area contributed by atoms with Crippen molar-refractivity contribution >= 4 is 5.91 Å². The molecule has 0 aliphatic carbocycles. The van der Waals surface area contributed by atoms with Crippen LogP contribution < -0.4 is 10.1 Å². The van der Waals surface area contributed by atoms with E-state index in [1.54, 1.807) is 7.11 Å². The Morgan fingerprint density at radius 3 is 2.41 bits per heavy atom. The summed E-state index contributed by atoms with van der Waals surface area (Å²) in [6.07, 6.45) is 0.391. The molecule has 0 atom stereocenters. The zero-order valence-electron chi connectivity index (χ0n) is 16.1. The molecule has 0 bridgehead atoms. The molecule has 1 saturated heterocycles. The van der Waals surface area contributed by atoms with Gasteiger partial charge in [0.05, 0.1) is 13.5 Å². The van der Waals surface area contributed by atoms with E-state index in [1.165, 1.54) is 5.56 Å². The average molecular weight is 367 g/mol. The van der Waals surface area contributed by atoms with Crippen molar-refractivity contribution in [2.45, 2.75) is 13.0 Å². The molecule has 1 fully saturated rings. The Labute approximate surface area is 161 Å². The zero-order chi connectivity index (χ0) is 18.9. The number of benzene rings is 2. The highest BCUT2D eigenvalue weighted by atomic mass is 16.5. The van der Waals surface area contributed by atoms with Crippen LogP contribution in [-0.2, 0) is 17.8 Å². The van der Waals surface area contributed by atoms with Gasteiger partial charge in [0.25, 0.3) is 0 Å². The second-order valence-corrected chi connectivity index (χ2v) is 6.98. The van der Waals surface area contributed by atoms with Gasteiger partial charge in [-0.15, -0.1) is 0 Å². The third kappa shape index (κ3) is 6.38. The number of ether oxygens (including phenoxy) is 1. The molecule has 0 saturated carbocycles. The second kappa shape index (κ2) is 10.1. The van der Waals surface area contributed by atoms with Gasteiger partial charge in [-0.3, -0.25) is 14.6 Å². The molecule has 0 spiro atoms. The molecular weight excluding hydrogens is 338 g/mol. The van der Waals surface area contributed by atoms with Gasteiger partial charge in [-0.1, -0.05) is 42.5 Å². The number of piperazine rings is 1. The van der Waals surface area contributed by atoms with Crippen LogP contribution in [0, 0.1) is 0 Å². The summed E-state index contributed by atoms with van der Waals surface area (Å²) in [6.45, 7) is 6.88. The standard InChI is InChI=1S/C22H29N3O2/c1-27-21-9-5-8-20(16-21)17-22(26)23-10-11-24-12-14-25(15-13-24)18-19-6-3-2-4-7-19/h2-9,16H,10-15,17-18H2,1H3,(H,23,26). The number of nitrogens with zero attached hydrogens (tertiary/aromatic N) is 2. The van der Waals surface area contributed by atoms with Gasteiger partial charge in [0, 0.05) is 45.8 Å². The number of amides is 1. The summed E-state index contributed by atoms with van der Waals surface area (Å²) in [5.74, 6) is 0.847. The van der Waals surface area contributed by atoms with Gasteiger partial charge in [-0.2, -0.15) is 0 Å². The summed E-state index contributed by atoms with van der Waals surface area (Å²) in [5.41, 5.74) is 2.34. The molecule has 2 aromatic carbocycles. The summed E-state index contributed by atoms with van der Waals surface area (Å²) >= 11 is 0. The Kier molecular flexibility index (Phi) is 7.25. The molecule has 1 amide bonds. The molecular formula is C22H29N3O2. The zero-order valence-corrected chi connectivity index (χ0v) is 16.1. The fourth-order valence-electron chi connectivity index (χ4n) is 3.40. The molecule has 1 N–H and O–H groups in total. The number of hydrogen-bond acceptors (Lipinski definition) is 4. The number of nitrogens with one attached hydrogen (secondary N) is 1. The number of rotatable bonds is 8. The first-order chi connectivity index (χ1) is 13.2. The van der Waals surface area contributed by atoms with Gasteiger partial charge >= 0.3 is 0 Å². The predicted molar refractivity (Wildman–Crippen MR) is 108 cm³/mol. The van der Waals surface area contributed by atoms with Gasteiger partial charge < -0.3 is 10.1 Å². The Bertz CT molecular complexity index is 713. The van der Waals surface area contributed by atoms with Gasteiger partial charge in [0.15, 0.2) is 0 Å². The molecule has 0 aromatic heterocycles. The molecule has 1 aliphatic rings. The second-order valence-electron chi connectivity index (χ2n) is 6.98. The number of carbonyl (C=O) groups is 1. The van der Waals surface area contributed by atoms with Crippen LogP contribution >= 0.6 is 0 Å². The van der Waals surface area contributed by atoms with Gasteiger partial charge in [-0.05, 0) is 23.3 Å². The van der Waals surface area contributed by atoms with Gasteiger partial charge in [0.2, 0.25) is 5.91 Å². The van der Waals surface area contributed by atoms with E-state index in [2.05, 4.69) is 45.4 Å².